The highest BCUT2D eigenvalue weighted by Crippen LogP contribution is 2.13. The molecule has 0 radical (unpaired) electrons. The summed E-state index contributed by atoms with van der Waals surface area (Å²) < 4.78 is 5.14. The van der Waals surface area contributed by atoms with E-state index in [-0.39, 0.29) is 6.61 Å². The van der Waals surface area contributed by atoms with E-state index in [1.165, 1.54) is 0 Å². The molecule has 24 heavy (non-hydrogen) atoms. The number of amides is 1. The Labute approximate surface area is 141 Å². The molecular formula is C19H21NO4. The molecule has 2 N–H and O–H groups in total. The topological polar surface area (TPSA) is 75.6 Å². The molecule has 5 heteroatoms. The van der Waals surface area contributed by atoms with Crippen LogP contribution in [0, 0.1) is 5.92 Å². The number of carboxylic acid groups (broad SMARTS) is 1. The number of aliphatic carboxylic acids is 1. The number of carbonyl (C=O) groups is 2. The molecule has 0 spiro atoms. The summed E-state index contributed by atoms with van der Waals surface area (Å²) in [4.78, 5) is 23.4. The Morgan fingerprint density at radius 2 is 1.54 bits per heavy atom. The third-order valence-electron chi connectivity index (χ3n) is 3.78. The van der Waals surface area contributed by atoms with Gasteiger partial charge in [0, 0.05) is 6.04 Å². The van der Waals surface area contributed by atoms with Crippen LogP contribution in [-0.4, -0.2) is 23.2 Å². The lowest BCUT2D eigenvalue weighted by molar-refractivity contribution is -0.142. The lowest BCUT2D eigenvalue weighted by atomic mass is 9.93. The van der Waals surface area contributed by atoms with Gasteiger partial charge >= 0.3 is 12.1 Å². The molecule has 2 aromatic carbocycles. The van der Waals surface area contributed by atoms with Crippen LogP contribution in [0.2, 0.25) is 0 Å². The smallest absolute Gasteiger partial charge is 0.407 e. The molecule has 5 nitrogen and oxygen atoms in total. The van der Waals surface area contributed by atoms with E-state index in [0.717, 1.165) is 11.1 Å². The second-order valence-electron chi connectivity index (χ2n) is 5.63. The second kappa shape index (κ2) is 8.72. The Morgan fingerprint density at radius 3 is 2.08 bits per heavy atom. The van der Waals surface area contributed by atoms with E-state index in [1.54, 1.807) is 6.92 Å². The van der Waals surface area contributed by atoms with Crippen LogP contribution in [0.5, 0.6) is 0 Å². The third-order valence-corrected chi connectivity index (χ3v) is 3.78. The molecule has 0 heterocycles. The highest BCUT2D eigenvalue weighted by Gasteiger charge is 2.26. The van der Waals surface area contributed by atoms with E-state index in [4.69, 9.17) is 4.74 Å². The van der Waals surface area contributed by atoms with Gasteiger partial charge in [0.05, 0.1) is 5.92 Å². The normalized spacial score (nSPS) is 12.9. The Balaban J connectivity index is 1.88. The minimum Gasteiger partial charge on any atom is -0.481 e. The lowest BCUT2D eigenvalue weighted by Crippen LogP contribution is -2.42. The van der Waals surface area contributed by atoms with Crippen molar-refractivity contribution in [1.82, 2.24) is 5.32 Å². The number of nitrogens with one attached hydrogen (secondary N) is 1. The molecule has 0 aromatic heterocycles. The van der Waals surface area contributed by atoms with Gasteiger partial charge in [-0.05, 0) is 24.5 Å². The van der Waals surface area contributed by atoms with Gasteiger partial charge < -0.3 is 15.2 Å². The molecule has 2 rings (SSSR count). The number of hydrogen-bond donors (Lipinski definition) is 2. The van der Waals surface area contributed by atoms with Crippen LogP contribution < -0.4 is 5.32 Å². The fourth-order valence-corrected chi connectivity index (χ4v) is 2.40. The van der Waals surface area contributed by atoms with Gasteiger partial charge in [-0.1, -0.05) is 60.7 Å². The zero-order valence-corrected chi connectivity index (χ0v) is 13.5. The van der Waals surface area contributed by atoms with Gasteiger partial charge in [0.1, 0.15) is 6.61 Å². The first-order chi connectivity index (χ1) is 11.6. The minimum atomic E-state index is -0.949. The summed E-state index contributed by atoms with van der Waals surface area (Å²) >= 11 is 0. The van der Waals surface area contributed by atoms with Crippen molar-refractivity contribution in [3.63, 3.8) is 0 Å². The predicted molar refractivity (Wildman–Crippen MR) is 90.5 cm³/mol. The maximum absolute atomic E-state index is 11.9. The second-order valence-corrected chi connectivity index (χ2v) is 5.63. The molecule has 0 saturated carbocycles. The van der Waals surface area contributed by atoms with Gasteiger partial charge in [-0.2, -0.15) is 0 Å². The number of carbonyl (C=O) groups excluding carboxylic acids is 1. The third kappa shape index (κ3) is 5.43. The van der Waals surface area contributed by atoms with Crippen molar-refractivity contribution >= 4 is 12.1 Å². The van der Waals surface area contributed by atoms with Gasteiger partial charge in [-0.15, -0.1) is 0 Å². The van der Waals surface area contributed by atoms with Crippen LogP contribution in [0.4, 0.5) is 4.79 Å². The molecular weight excluding hydrogens is 306 g/mol. The van der Waals surface area contributed by atoms with E-state index in [2.05, 4.69) is 5.32 Å². The first kappa shape index (κ1) is 17.5. The van der Waals surface area contributed by atoms with Gasteiger partial charge in [0.15, 0.2) is 0 Å². The Morgan fingerprint density at radius 1 is 1.00 bits per heavy atom. The van der Waals surface area contributed by atoms with Gasteiger partial charge in [-0.3, -0.25) is 4.79 Å². The van der Waals surface area contributed by atoms with Crippen molar-refractivity contribution in [2.75, 3.05) is 0 Å². The van der Waals surface area contributed by atoms with Crippen LogP contribution in [-0.2, 0) is 22.6 Å². The minimum absolute atomic E-state index is 0.149. The quantitative estimate of drug-likeness (QED) is 0.818. The first-order valence-corrected chi connectivity index (χ1v) is 7.80. The van der Waals surface area contributed by atoms with Gasteiger partial charge in [-0.25, -0.2) is 4.79 Å². The summed E-state index contributed by atoms with van der Waals surface area (Å²) in [5.74, 6) is -1.67. The van der Waals surface area contributed by atoms with Crippen LogP contribution in [0.3, 0.4) is 0 Å². The Bertz CT molecular complexity index is 658. The van der Waals surface area contributed by atoms with Crippen molar-refractivity contribution in [3.05, 3.63) is 71.8 Å². The monoisotopic (exact) mass is 327 g/mol. The number of rotatable bonds is 7. The molecule has 126 valence electrons. The summed E-state index contributed by atoms with van der Waals surface area (Å²) in [6.07, 6.45) is -0.276. The van der Waals surface area contributed by atoms with E-state index in [9.17, 15) is 14.7 Å². The van der Waals surface area contributed by atoms with Gasteiger partial charge in [0.2, 0.25) is 0 Å². The standard InChI is InChI=1S/C19H21NO4/c1-14(17(18(21)22)12-15-8-4-2-5-9-15)20-19(23)24-13-16-10-6-3-7-11-16/h2-11,14,17H,12-13H2,1H3,(H,20,23)(H,21,22). The molecule has 0 bridgehead atoms. The summed E-state index contributed by atoms with van der Waals surface area (Å²) in [7, 11) is 0. The highest BCUT2D eigenvalue weighted by atomic mass is 16.5. The molecule has 0 aliphatic heterocycles. The molecule has 0 fully saturated rings. The summed E-state index contributed by atoms with van der Waals surface area (Å²) in [6.45, 7) is 1.82. The van der Waals surface area contributed by atoms with E-state index < -0.39 is 24.0 Å². The lowest BCUT2D eigenvalue weighted by Gasteiger charge is -2.21. The zero-order valence-electron chi connectivity index (χ0n) is 13.5. The maximum atomic E-state index is 11.9. The fourth-order valence-electron chi connectivity index (χ4n) is 2.40. The first-order valence-electron chi connectivity index (χ1n) is 7.80. The average molecular weight is 327 g/mol. The van der Waals surface area contributed by atoms with E-state index in [1.807, 2.05) is 60.7 Å². The van der Waals surface area contributed by atoms with Crippen LogP contribution in [0.15, 0.2) is 60.7 Å². The largest absolute Gasteiger partial charge is 0.481 e. The van der Waals surface area contributed by atoms with Crippen molar-refractivity contribution in [3.8, 4) is 0 Å². The Kier molecular flexibility index (Phi) is 6.37. The molecule has 2 unspecified atom stereocenters. The van der Waals surface area contributed by atoms with E-state index in [0.29, 0.717) is 6.42 Å². The molecule has 2 atom stereocenters. The van der Waals surface area contributed by atoms with Crippen molar-refractivity contribution in [1.29, 1.82) is 0 Å². The molecule has 0 aliphatic rings. The highest BCUT2D eigenvalue weighted by molar-refractivity contribution is 5.73. The van der Waals surface area contributed by atoms with Crippen LogP contribution in [0.25, 0.3) is 0 Å². The molecule has 2 aromatic rings. The molecule has 0 saturated heterocycles. The number of benzene rings is 2. The number of hydrogen-bond acceptors (Lipinski definition) is 3. The summed E-state index contributed by atoms with van der Waals surface area (Å²) in [5, 5.41) is 12.0. The Hall–Kier alpha value is -2.82. The van der Waals surface area contributed by atoms with Crippen molar-refractivity contribution in [2.45, 2.75) is 26.0 Å². The number of alkyl carbamates (subject to hydrolysis) is 1. The summed E-state index contributed by atoms with van der Waals surface area (Å²) in [6, 6.07) is 18.1. The zero-order chi connectivity index (χ0) is 17.4. The maximum Gasteiger partial charge on any atom is 0.407 e. The summed E-state index contributed by atoms with van der Waals surface area (Å²) in [5.41, 5.74) is 1.79. The number of ether oxygens (including phenoxy) is 1. The van der Waals surface area contributed by atoms with Crippen LogP contribution in [0.1, 0.15) is 18.1 Å². The van der Waals surface area contributed by atoms with Gasteiger partial charge in [0.25, 0.3) is 0 Å². The van der Waals surface area contributed by atoms with Crippen LogP contribution >= 0.6 is 0 Å². The molecule has 1 amide bonds. The molecule has 0 aliphatic carbocycles. The fraction of sp³-hybridized carbons (Fsp3) is 0.263. The number of carboxylic acids is 1. The SMILES string of the molecule is CC(NC(=O)OCc1ccccc1)C(Cc1ccccc1)C(=O)O. The van der Waals surface area contributed by atoms with E-state index >= 15 is 0 Å². The van der Waals surface area contributed by atoms with Crippen molar-refractivity contribution in [2.24, 2.45) is 5.92 Å². The predicted octanol–water partition coefficient (Wildman–Crippen LogP) is 3.24. The average Bonchev–Trinajstić information content (AvgIpc) is 2.59. The van der Waals surface area contributed by atoms with Crippen molar-refractivity contribution < 1.29 is 19.4 Å².